The molecule has 1 saturated heterocycles. The molecule has 1 N–H and O–H groups in total. The van der Waals surface area contributed by atoms with Crippen molar-refractivity contribution >= 4 is 17.8 Å². The van der Waals surface area contributed by atoms with Crippen molar-refractivity contribution in [1.29, 1.82) is 0 Å². The number of hydrogen-bond donors (Lipinski definition) is 1. The van der Waals surface area contributed by atoms with Crippen LogP contribution in [0.5, 0.6) is 0 Å². The highest BCUT2D eigenvalue weighted by Gasteiger charge is 2.56. The van der Waals surface area contributed by atoms with E-state index in [1.807, 2.05) is 0 Å². The molecule has 0 unspecified atom stereocenters. The van der Waals surface area contributed by atoms with Gasteiger partial charge in [-0.2, -0.15) is 13.2 Å². The highest BCUT2D eigenvalue weighted by Crippen LogP contribution is 2.41. The van der Waals surface area contributed by atoms with Gasteiger partial charge >= 0.3 is 12.1 Å². The second-order valence-electron chi connectivity index (χ2n) is 5.04. The van der Waals surface area contributed by atoms with Crippen molar-refractivity contribution in [2.24, 2.45) is 23.7 Å². The van der Waals surface area contributed by atoms with Crippen LogP contribution in [-0.4, -0.2) is 40.5 Å². The van der Waals surface area contributed by atoms with Gasteiger partial charge < -0.3 is 5.11 Å². The lowest BCUT2D eigenvalue weighted by molar-refractivity contribution is -0.167. The summed E-state index contributed by atoms with van der Waals surface area (Å²) in [6.07, 6.45) is -1.90. The standard InChI is InChI=1S/C12H12F3NO4/c1-5-2-3-6-8(7(5)11(19)20)10(18)16(9(6)17)4-12(13,14)15/h2-3,5-8H,4H2,1H3,(H,19,20)/t5-,6+,7+,8-/m0/s1. The molecule has 1 fully saturated rings. The summed E-state index contributed by atoms with van der Waals surface area (Å²) in [5.74, 6) is -7.37. The molecule has 20 heavy (non-hydrogen) atoms. The van der Waals surface area contributed by atoms with E-state index in [9.17, 15) is 27.6 Å². The number of carbonyl (C=O) groups excluding carboxylic acids is 2. The van der Waals surface area contributed by atoms with E-state index in [4.69, 9.17) is 5.11 Å². The van der Waals surface area contributed by atoms with Gasteiger partial charge in [0.05, 0.1) is 17.8 Å². The minimum Gasteiger partial charge on any atom is -0.481 e. The van der Waals surface area contributed by atoms with Crippen LogP contribution in [-0.2, 0) is 14.4 Å². The third kappa shape index (κ3) is 2.30. The van der Waals surface area contributed by atoms with Crippen LogP contribution >= 0.6 is 0 Å². The molecule has 0 bridgehead atoms. The summed E-state index contributed by atoms with van der Waals surface area (Å²) in [4.78, 5) is 35.2. The van der Waals surface area contributed by atoms with E-state index >= 15 is 0 Å². The molecule has 1 heterocycles. The number of rotatable bonds is 2. The fourth-order valence-electron chi connectivity index (χ4n) is 2.81. The van der Waals surface area contributed by atoms with Crippen LogP contribution in [0.25, 0.3) is 0 Å². The zero-order chi connectivity index (χ0) is 15.2. The van der Waals surface area contributed by atoms with Crippen molar-refractivity contribution in [3.05, 3.63) is 12.2 Å². The number of carboxylic acid groups (broad SMARTS) is 1. The molecule has 0 aromatic rings. The van der Waals surface area contributed by atoms with Gasteiger partial charge in [-0.3, -0.25) is 19.3 Å². The summed E-state index contributed by atoms with van der Waals surface area (Å²) in [5, 5.41) is 9.14. The number of fused-ring (bicyclic) bond motifs is 1. The van der Waals surface area contributed by atoms with E-state index in [1.165, 1.54) is 12.2 Å². The third-order valence-corrected chi connectivity index (χ3v) is 3.69. The molecule has 0 aromatic heterocycles. The first-order valence-electron chi connectivity index (χ1n) is 5.96. The maximum atomic E-state index is 12.4. The fourth-order valence-corrected chi connectivity index (χ4v) is 2.81. The van der Waals surface area contributed by atoms with Crippen molar-refractivity contribution in [2.45, 2.75) is 13.1 Å². The number of aliphatic carboxylic acids is 1. The lowest BCUT2D eigenvalue weighted by atomic mass is 9.72. The van der Waals surface area contributed by atoms with Gasteiger partial charge in [0.25, 0.3) is 0 Å². The van der Waals surface area contributed by atoms with Gasteiger partial charge in [-0.25, -0.2) is 0 Å². The summed E-state index contributed by atoms with van der Waals surface area (Å²) >= 11 is 0. The Labute approximate surface area is 112 Å². The molecular weight excluding hydrogens is 279 g/mol. The molecule has 0 saturated carbocycles. The Balaban J connectivity index is 2.35. The summed E-state index contributed by atoms with van der Waals surface area (Å²) in [6.45, 7) is -0.123. The Morgan fingerprint density at radius 3 is 2.40 bits per heavy atom. The molecule has 1 aliphatic carbocycles. The first-order chi connectivity index (χ1) is 9.13. The largest absolute Gasteiger partial charge is 0.481 e. The predicted octanol–water partition coefficient (Wildman–Crippen LogP) is 1.06. The molecule has 8 heteroatoms. The summed E-state index contributed by atoms with van der Waals surface area (Å²) < 4.78 is 37.2. The number of halogens is 3. The molecule has 1 aliphatic heterocycles. The predicted molar refractivity (Wildman–Crippen MR) is 59.2 cm³/mol. The number of carboxylic acids is 1. The van der Waals surface area contributed by atoms with Crippen LogP contribution in [0.15, 0.2) is 12.2 Å². The summed E-state index contributed by atoms with van der Waals surface area (Å²) in [6, 6.07) is 0. The molecule has 0 aromatic carbocycles. The van der Waals surface area contributed by atoms with Crippen molar-refractivity contribution in [3.8, 4) is 0 Å². The molecule has 2 amide bonds. The Hall–Kier alpha value is -1.86. The van der Waals surface area contributed by atoms with Gasteiger partial charge in [0, 0.05) is 0 Å². The van der Waals surface area contributed by atoms with Crippen LogP contribution < -0.4 is 0 Å². The molecule has 110 valence electrons. The number of likely N-dealkylation sites (tertiary alicyclic amines) is 1. The Morgan fingerprint density at radius 2 is 1.90 bits per heavy atom. The van der Waals surface area contributed by atoms with Crippen LogP contribution in [0.1, 0.15) is 6.92 Å². The Bertz CT molecular complexity index is 499. The van der Waals surface area contributed by atoms with E-state index in [0.717, 1.165) is 0 Å². The first-order valence-corrected chi connectivity index (χ1v) is 5.96. The number of nitrogens with zero attached hydrogens (tertiary/aromatic N) is 1. The Kier molecular flexibility index (Phi) is 3.35. The summed E-state index contributed by atoms with van der Waals surface area (Å²) in [5.41, 5.74) is 0. The molecule has 5 nitrogen and oxygen atoms in total. The van der Waals surface area contributed by atoms with Crippen molar-refractivity contribution < 1.29 is 32.7 Å². The maximum absolute atomic E-state index is 12.4. The lowest BCUT2D eigenvalue weighted by Crippen LogP contribution is -2.41. The third-order valence-electron chi connectivity index (χ3n) is 3.69. The Morgan fingerprint density at radius 1 is 1.30 bits per heavy atom. The smallest absolute Gasteiger partial charge is 0.406 e. The highest BCUT2D eigenvalue weighted by molar-refractivity contribution is 6.07. The van der Waals surface area contributed by atoms with E-state index in [-0.39, 0.29) is 4.90 Å². The highest BCUT2D eigenvalue weighted by atomic mass is 19.4. The topological polar surface area (TPSA) is 74.7 Å². The molecule has 0 spiro atoms. The van der Waals surface area contributed by atoms with Crippen molar-refractivity contribution in [3.63, 3.8) is 0 Å². The van der Waals surface area contributed by atoms with Gasteiger partial charge in [-0.15, -0.1) is 0 Å². The quantitative estimate of drug-likeness (QED) is 0.609. The minimum atomic E-state index is -4.70. The van der Waals surface area contributed by atoms with Gasteiger partial charge in [-0.1, -0.05) is 19.1 Å². The number of hydrogen-bond acceptors (Lipinski definition) is 3. The second kappa shape index (κ2) is 4.60. The first kappa shape index (κ1) is 14.5. The SMILES string of the molecule is C[C@H]1C=C[C@H]2C(=O)N(CC(F)(F)F)C(=O)[C@@H]2[C@@H]1C(=O)O. The fraction of sp³-hybridized carbons (Fsp3) is 0.583. The molecular formula is C12H12F3NO4. The average Bonchev–Trinajstić information content (AvgIpc) is 2.52. The number of imide groups is 1. The van der Waals surface area contributed by atoms with Gasteiger partial charge in [0.1, 0.15) is 6.54 Å². The van der Waals surface area contributed by atoms with Crippen molar-refractivity contribution in [1.82, 2.24) is 4.90 Å². The van der Waals surface area contributed by atoms with Gasteiger partial charge in [-0.05, 0) is 5.92 Å². The number of alkyl halides is 3. The molecule has 0 radical (unpaired) electrons. The van der Waals surface area contributed by atoms with E-state index in [1.54, 1.807) is 6.92 Å². The molecule has 2 rings (SSSR count). The number of carbonyl (C=O) groups is 3. The summed E-state index contributed by atoms with van der Waals surface area (Å²) in [7, 11) is 0. The zero-order valence-electron chi connectivity index (χ0n) is 10.4. The van der Waals surface area contributed by atoms with Crippen LogP contribution in [0.4, 0.5) is 13.2 Å². The molecule has 2 aliphatic rings. The van der Waals surface area contributed by atoms with Gasteiger partial charge in [0.15, 0.2) is 0 Å². The number of amides is 2. The van der Waals surface area contributed by atoms with Crippen LogP contribution in [0.2, 0.25) is 0 Å². The van der Waals surface area contributed by atoms with Crippen molar-refractivity contribution in [2.75, 3.05) is 6.54 Å². The zero-order valence-corrected chi connectivity index (χ0v) is 10.4. The second-order valence-corrected chi connectivity index (χ2v) is 5.04. The monoisotopic (exact) mass is 291 g/mol. The normalized spacial score (nSPS) is 33.5. The average molecular weight is 291 g/mol. The van der Waals surface area contributed by atoms with Gasteiger partial charge in [0.2, 0.25) is 11.8 Å². The van der Waals surface area contributed by atoms with Crippen LogP contribution in [0, 0.1) is 23.7 Å². The van der Waals surface area contributed by atoms with Crippen LogP contribution in [0.3, 0.4) is 0 Å². The molecule has 4 atom stereocenters. The van der Waals surface area contributed by atoms with E-state index in [0.29, 0.717) is 0 Å². The van der Waals surface area contributed by atoms with E-state index in [2.05, 4.69) is 0 Å². The minimum absolute atomic E-state index is 0.119. The lowest BCUT2D eigenvalue weighted by Gasteiger charge is -2.28. The van der Waals surface area contributed by atoms with E-state index < -0.39 is 54.2 Å². The number of allylic oxidation sites excluding steroid dienone is 1. The maximum Gasteiger partial charge on any atom is 0.406 e.